The maximum Gasteiger partial charge on any atom is 0.240 e. The second-order valence-electron chi connectivity index (χ2n) is 7.82. The Morgan fingerprint density at radius 2 is 2.00 bits per heavy atom. The molecule has 3 heterocycles. The Morgan fingerprint density at radius 1 is 1.17 bits per heavy atom. The molecule has 24 heavy (non-hydrogen) atoms. The van der Waals surface area contributed by atoms with Crippen molar-refractivity contribution in [1.82, 2.24) is 20.0 Å². The molecule has 1 amide bonds. The van der Waals surface area contributed by atoms with Gasteiger partial charge in [-0.1, -0.05) is 0 Å². The molecule has 6 heteroatoms. The van der Waals surface area contributed by atoms with Crippen molar-refractivity contribution in [2.24, 2.45) is 0 Å². The Balaban J connectivity index is 1.21. The van der Waals surface area contributed by atoms with Gasteiger partial charge in [0.1, 0.15) is 0 Å². The Labute approximate surface area is 142 Å². The lowest BCUT2D eigenvalue weighted by Gasteiger charge is -2.46. The number of nitrogens with zero attached hydrogens (tertiary/aromatic N) is 5. The molecule has 0 radical (unpaired) electrons. The fourth-order valence-corrected chi connectivity index (χ4v) is 4.44. The number of carbonyl (C=O) groups is 1. The van der Waals surface area contributed by atoms with E-state index < -0.39 is 0 Å². The molecule has 4 aliphatic rings. The number of hydrogen-bond acceptors (Lipinski definition) is 5. The number of fused-ring (bicyclic) bond motifs is 1. The molecule has 2 aliphatic heterocycles. The lowest BCUT2D eigenvalue weighted by atomic mass is 10.0. The van der Waals surface area contributed by atoms with E-state index in [4.69, 9.17) is 0 Å². The van der Waals surface area contributed by atoms with Gasteiger partial charge in [-0.15, -0.1) is 5.10 Å². The van der Waals surface area contributed by atoms with Gasteiger partial charge in [-0.2, -0.15) is 5.10 Å². The summed E-state index contributed by atoms with van der Waals surface area (Å²) < 4.78 is 0. The van der Waals surface area contributed by atoms with Crippen LogP contribution in [0.3, 0.4) is 0 Å². The smallest absolute Gasteiger partial charge is 0.240 e. The van der Waals surface area contributed by atoms with Crippen LogP contribution in [0.5, 0.6) is 0 Å². The van der Waals surface area contributed by atoms with Crippen molar-refractivity contribution in [2.75, 3.05) is 31.6 Å². The standard InChI is InChI=1S/C18H25N5O/c1-21(16-7-8-23(18(16)24)13-5-6-13)14-10-22(11-14)17-9-12-3-2-4-15(12)19-20-17/h9,13-14,16H,2-8,10-11H2,1H3. The first kappa shape index (κ1) is 14.6. The van der Waals surface area contributed by atoms with Crippen molar-refractivity contribution >= 4 is 11.7 Å². The molecule has 1 aromatic heterocycles. The monoisotopic (exact) mass is 327 g/mol. The molecule has 6 nitrogen and oxygen atoms in total. The summed E-state index contributed by atoms with van der Waals surface area (Å²) in [5, 5.41) is 8.80. The largest absolute Gasteiger partial charge is 0.352 e. The van der Waals surface area contributed by atoms with Gasteiger partial charge in [0.05, 0.1) is 11.7 Å². The average Bonchev–Trinajstić information content (AvgIpc) is 3.13. The van der Waals surface area contributed by atoms with Gasteiger partial charge in [0.2, 0.25) is 5.91 Å². The molecule has 0 aromatic carbocycles. The first-order valence-electron chi connectivity index (χ1n) is 9.33. The van der Waals surface area contributed by atoms with Crippen molar-refractivity contribution < 1.29 is 4.79 Å². The molecule has 0 spiro atoms. The Hall–Kier alpha value is -1.69. The molecule has 2 saturated heterocycles. The molecule has 1 atom stereocenters. The molecule has 1 saturated carbocycles. The summed E-state index contributed by atoms with van der Waals surface area (Å²) in [6, 6.07) is 3.31. The summed E-state index contributed by atoms with van der Waals surface area (Å²) in [6.45, 7) is 2.86. The van der Waals surface area contributed by atoms with Gasteiger partial charge in [-0.3, -0.25) is 9.69 Å². The Morgan fingerprint density at radius 3 is 2.79 bits per heavy atom. The van der Waals surface area contributed by atoms with Crippen LogP contribution in [0, 0.1) is 0 Å². The van der Waals surface area contributed by atoms with Crippen LogP contribution in [-0.2, 0) is 17.6 Å². The Kier molecular flexibility index (Phi) is 3.30. The number of amides is 1. The summed E-state index contributed by atoms with van der Waals surface area (Å²) >= 11 is 0. The lowest BCUT2D eigenvalue weighted by molar-refractivity contribution is -0.133. The van der Waals surface area contributed by atoms with E-state index in [1.165, 1.54) is 30.5 Å². The van der Waals surface area contributed by atoms with E-state index in [1.807, 2.05) is 0 Å². The van der Waals surface area contributed by atoms with E-state index in [9.17, 15) is 4.79 Å². The fourth-order valence-electron chi connectivity index (χ4n) is 4.44. The van der Waals surface area contributed by atoms with Crippen LogP contribution in [0.2, 0.25) is 0 Å². The van der Waals surface area contributed by atoms with Gasteiger partial charge in [0, 0.05) is 31.7 Å². The second kappa shape index (κ2) is 5.41. The number of rotatable bonds is 4. The van der Waals surface area contributed by atoms with Crippen molar-refractivity contribution in [3.05, 3.63) is 17.3 Å². The van der Waals surface area contributed by atoms with Crippen LogP contribution in [0.1, 0.15) is 36.9 Å². The number of likely N-dealkylation sites (tertiary alicyclic amines) is 1. The van der Waals surface area contributed by atoms with Crippen LogP contribution in [0.15, 0.2) is 6.07 Å². The highest BCUT2D eigenvalue weighted by Crippen LogP contribution is 2.33. The predicted molar refractivity (Wildman–Crippen MR) is 91.0 cm³/mol. The molecule has 0 bridgehead atoms. The highest BCUT2D eigenvalue weighted by atomic mass is 16.2. The van der Waals surface area contributed by atoms with E-state index in [0.717, 1.165) is 44.7 Å². The fraction of sp³-hybridized carbons (Fsp3) is 0.722. The summed E-state index contributed by atoms with van der Waals surface area (Å²) in [4.78, 5) is 19.3. The molecule has 5 rings (SSSR count). The third-order valence-corrected chi connectivity index (χ3v) is 6.26. The van der Waals surface area contributed by atoms with Gasteiger partial charge in [0.15, 0.2) is 5.82 Å². The van der Waals surface area contributed by atoms with E-state index in [2.05, 4.69) is 38.0 Å². The molecule has 1 unspecified atom stereocenters. The molecule has 0 N–H and O–H groups in total. The number of likely N-dealkylation sites (N-methyl/N-ethyl adjacent to an activating group) is 1. The minimum atomic E-state index is 0.0869. The zero-order valence-electron chi connectivity index (χ0n) is 14.3. The topological polar surface area (TPSA) is 52.6 Å². The molecule has 128 valence electrons. The van der Waals surface area contributed by atoms with Crippen LogP contribution < -0.4 is 4.90 Å². The maximum atomic E-state index is 12.6. The van der Waals surface area contributed by atoms with Crippen molar-refractivity contribution in [3.8, 4) is 0 Å². The lowest BCUT2D eigenvalue weighted by Crippen LogP contribution is -2.62. The van der Waals surface area contributed by atoms with Crippen LogP contribution in [0.4, 0.5) is 5.82 Å². The normalized spacial score (nSPS) is 27.1. The second-order valence-corrected chi connectivity index (χ2v) is 7.82. The number of aryl methyl sites for hydroxylation is 2. The van der Waals surface area contributed by atoms with Crippen LogP contribution >= 0.6 is 0 Å². The summed E-state index contributed by atoms with van der Waals surface area (Å²) in [5.41, 5.74) is 2.56. The summed E-state index contributed by atoms with van der Waals surface area (Å²) in [5.74, 6) is 1.37. The van der Waals surface area contributed by atoms with E-state index >= 15 is 0 Å². The van der Waals surface area contributed by atoms with Gasteiger partial charge in [0.25, 0.3) is 0 Å². The number of hydrogen-bond donors (Lipinski definition) is 0. The van der Waals surface area contributed by atoms with Crippen molar-refractivity contribution in [3.63, 3.8) is 0 Å². The van der Waals surface area contributed by atoms with Gasteiger partial charge in [-0.25, -0.2) is 0 Å². The summed E-state index contributed by atoms with van der Waals surface area (Å²) in [7, 11) is 2.12. The van der Waals surface area contributed by atoms with E-state index in [0.29, 0.717) is 18.0 Å². The number of anilines is 1. The molecule has 1 aromatic rings. The van der Waals surface area contributed by atoms with Crippen molar-refractivity contribution in [2.45, 2.75) is 56.7 Å². The first-order valence-corrected chi connectivity index (χ1v) is 9.33. The molecular formula is C18H25N5O. The Bertz CT molecular complexity index is 667. The highest BCUT2D eigenvalue weighted by molar-refractivity contribution is 5.84. The number of carbonyl (C=O) groups excluding carboxylic acids is 1. The zero-order valence-corrected chi connectivity index (χ0v) is 14.3. The minimum Gasteiger partial charge on any atom is -0.352 e. The zero-order chi connectivity index (χ0) is 16.3. The van der Waals surface area contributed by atoms with E-state index in [-0.39, 0.29) is 6.04 Å². The van der Waals surface area contributed by atoms with Gasteiger partial charge >= 0.3 is 0 Å². The number of aromatic nitrogens is 2. The SMILES string of the molecule is CN(C1CN(c2cc3c(nn2)CCC3)C1)C1CCN(C2CC2)C1=O. The van der Waals surface area contributed by atoms with E-state index in [1.54, 1.807) is 0 Å². The average molecular weight is 327 g/mol. The molecular weight excluding hydrogens is 302 g/mol. The molecule has 3 fully saturated rings. The third kappa shape index (κ3) is 2.31. The van der Waals surface area contributed by atoms with Gasteiger partial charge < -0.3 is 9.80 Å². The quantitative estimate of drug-likeness (QED) is 0.821. The summed E-state index contributed by atoms with van der Waals surface area (Å²) in [6.07, 6.45) is 6.83. The maximum absolute atomic E-state index is 12.6. The van der Waals surface area contributed by atoms with Gasteiger partial charge in [-0.05, 0) is 57.2 Å². The predicted octanol–water partition coefficient (Wildman–Crippen LogP) is 0.849. The minimum absolute atomic E-state index is 0.0869. The highest BCUT2D eigenvalue weighted by Gasteiger charge is 2.45. The molecule has 2 aliphatic carbocycles. The first-order chi connectivity index (χ1) is 11.7. The van der Waals surface area contributed by atoms with Crippen LogP contribution in [0.25, 0.3) is 0 Å². The third-order valence-electron chi connectivity index (χ3n) is 6.26. The van der Waals surface area contributed by atoms with Crippen LogP contribution in [-0.4, -0.2) is 70.7 Å². The van der Waals surface area contributed by atoms with Crippen molar-refractivity contribution in [1.29, 1.82) is 0 Å².